The summed E-state index contributed by atoms with van der Waals surface area (Å²) in [6.07, 6.45) is -3.41. The predicted octanol–water partition coefficient (Wildman–Crippen LogP) is 1.69. The van der Waals surface area contributed by atoms with E-state index < -0.39 is 30.1 Å². The zero-order valence-electron chi connectivity index (χ0n) is 11.9. The second-order valence-corrected chi connectivity index (χ2v) is 4.75. The van der Waals surface area contributed by atoms with E-state index in [1.165, 1.54) is 12.1 Å². The molecule has 0 atom stereocenters. The van der Waals surface area contributed by atoms with Crippen molar-refractivity contribution in [3.05, 3.63) is 47.2 Å². The van der Waals surface area contributed by atoms with Gasteiger partial charge < -0.3 is 9.25 Å². The van der Waals surface area contributed by atoms with Crippen LogP contribution >= 0.6 is 0 Å². The minimum atomic E-state index is -2.91. The molecular weight excluding hydrogens is 328 g/mol. The highest BCUT2D eigenvalue weighted by atomic mass is 19.3. The van der Waals surface area contributed by atoms with E-state index in [1.54, 1.807) is 12.1 Å². The van der Waals surface area contributed by atoms with Gasteiger partial charge in [0.15, 0.2) is 0 Å². The third kappa shape index (κ3) is 2.85. The summed E-state index contributed by atoms with van der Waals surface area (Å²) < 4.78 is 29.2. The van der Waals surface area contributed by atoms with Crippen LogP contribution in [0.3, 0.4) is 0 Å². The Morgan fingerprint density at radius 2 is 1.79 bits per heavy atom. The number of rotatable bonds is 5. The van der Waals surface area contributed by atoms with Gasteiger partial charge in [-0.3, -0.25) is 9.59 Å². The maximum absolute atomic E-state index is 12.3. The van der Waals surface area contributed by atoms with Crippen LogP contribution in [0.4, 0.5) is 8.78 Å². The van der Waals surface area contributed by atoms with Gasteiger partial charge in [0.1, 0.15) is 0 Å². The molecule has 1 aliphatic rings. The molecule has 0 N–H and O–H groups in total. The SMILES string of the molecule is O=C(CCc1nnc(C(F)F)o1)ON1C(=O)c2ccccc2C1=O. The second kappa shape index (κ2) is 6.14. The van der Waals surface area contributed by atoms with Gasteiger partial charge in [-0.15, -0.1) is 10.2 Å². The Bertz CT molecular complexity index is 785. The van der Waals surface area contributed by atoms with E-state index >= 15 is 0 Å². The van der Waals surface area contributed by atoms with Crippen LogP contribution in [0.15, 0.2) is 28.7 Å². The number of hydroxylamine groups is 2. The number of carbonyl (C=O) groups is 3. The number of nitrogens with zero attached hydrogens (tertiary/aromatic N) is 3. The van der Waals surface area contributed by atoms with E-state index in [9.17, 15) is 23.2 Å². The van der Waals surface area contributed by atoms with Gasteiger partial charge in [-0.1, -0.05) is 17.2 Å². The Balaban J connectivity index is 1.59. The van der Waals surface area contributed by atoms with Crippen molar-refractivity contribution >= 4 is 17.8 Å². The van der Waals surface area contributed by atoms with Crippen LogP contribution in [0.25, 0.3) is 0 Å². The first-order valence-corrected chi connectivity index (χ1v) is 6.76. The summed E-state index contributed by atoms with van der Waals surface area (Å²) in [5, 5.41) is 6.83. The molecule has 0 unspecified atom stereocenters. The van der Waals surface area contributed by atoms with Crippen molar-refractivity contribution < 1.29 is 32.4 Å². The van der Waals surface area contributed by atoms with E-state index in [4.69, 9.17) is 4.84 Å². The van der Waals surface area contributed by atoms with Crippen LogP contribution in [-0.4, -0.2) is 33.0 Å². The highest BCUT2D eigenvalue weighted by molar-refractivity contribution is 6.20. The molecule has 124 valence electrons. The number of hydrogen-bond acceptors (Lipinski definition) is 7. The highest BCUT2D eigenvalue weighted by Crippen LogP contribution is 2.23. The third-order valence-electron chi connectivity index (χ3n) is 3.16. The van der Waals surface area contributed by atoms with Crippen LogP contribution in [-0.2, 0) is 16.1 Å². The average molecular weight is 337 g/mol. The molecule has 10 heteroatoms. The lowest BCUT2D eigenvalue weighted by atomic mass is 10.1. The molecule has 24 heavy (non-hydrogen) atoms. The number of alkyl halides is 2. The van der Waals surface area contributed by atoms with Gasteiger partial charge in [0, 0.05) is 6.42 Å². The normalized spacial score (nSPS) is 13.5. The minimum absolute atomic E-state index is 0.133. The molecule has 1 aliphatic heterocycles. The number of benzene rings is 1. The maximum Gasteiger partial charge on any atom is 0.333 e. The van der Waals surface area contributed by atoms with Gasteiger partial charge in [0.2, 0.25) is 5.89 Å². The number of carbonyl (C=O) groups excluding carboxylic acids is 3. The first-order chi connectivity index (χ1) is 11.5. The lowest BCUT2D eigenvalue weighted by Crippen LogP contribution is -2.32. The maximum atomic E-state index is 12.3. The first-order valence-electron chi connectivity index (χ1n) is 6.76. The van der Waals surface area contributed by atoms with Gasteiger partial charge >= 0.3 is 12.4 Å². The Hall–Kier alpha value is -3.17. The largest absolute Gasteiger partial charge is 0.420 e. The molecule has 0 spiro atoms. The van der Waals surface area contributed by atoms with Crippen LogP contribution < -0.4 is 0 Å². The summed E-state index contributed by atoms with van der Waals surface area (Å²) in [5.74, 6) is -3.44. The Kier molecular flexibility index (Phi) is 4.02. The monoisotopic (exact) mass is 337 g/mol. The van der Waals surface area contributed by atoms with Crippen molar-refractivity contribution in [1.82, 2.24) is 15.3 Å². The van der Waals surface area contributed by atoms with Crippen LogP contribution in [0, 0.1) is 0 Å². The van der Waals surface area contributed by atoms with Gasteiger partial charge in [-0.2, -0.15) is 8.78 Å². The second-order valence-electron chi connectivity index (χ2n) is 4.75. The lowest BCUT2D eigenvalue weighted by Gasteiger charge is -2.12. The summed E-state index contributed by atoms with van der Waals surface area (Å²) in [5.41, 5.74) is 0.266. The predicted molar refractivity (Wildman–Crippen MR) is 70.6 cm³/mol. The molecule has 0 bridgehead atoms. The molecule has 3 rings (SSSR count). The molecule has 1 aromatic carbocycles. The molecule has 0 radical (unpaired) electrons. The van der Waals surface area contributed by atoms with Crippen molar-refractivity contribution in [3.8, 4) is 0 Å². The third-order valence-corrected chi connectivity index (χ3v) is 3.16. The molecule has 0 fully saturated rings. The Labute approximate surface area is 133 Å². The highest BCUT2D eigenvalue weighted by Gasteiger charge is 2.38. The number of fused-ring (bicyclic) bond motifs is 1. The topological polar surface area (TPSA) is 103 Å². The van der Waals surface area contributed by atoms with E-state index in [0.29, 0.717) is 5.06 Å². The summed E-state index contributed by atoms with van der Waals surface area (Å²) in [6.45, 7) is 0. The van der Waals surface area contributed by atoms with Crippen LogP contribution in [0.1, 0.15) is 45.3 Å². The molecule has 0 aliphatic carbocycles. The molecule has 8 nitrogen and oxygen atoms in total. The zero-order valence-corrected chi connectivity index (χ0v) is 11.9. The average Bonchev–Trinajstić information content (AvgIpc) is 3.13. The van der Waals surface area contributed by atoms with Crippen LogP contribution in [0.2, 0.25) is 0 Å². The van der Waals surface area contributed by atoms with Crippen molar-refractivity contribution in [2.24, 2.45) is 0 Å². The van der Waals surface area contributed by atoms with Crippen molar-refractivity contribution in [1.29, 1.82) is 0 Å². The van der Waals surface area contributed by atoms with E-state index in [1.807, 2.05) is 0 Å². The van der Waals surface area contributed by atoms with E-state index in [2.05, 4.69) is 14.6 Å². The summed E-state index contributed by atoms with van der Waals surface area (Å²) in [7, 11) is 0. The fraction of sp³-hybridized carbons (Fsp3) is 0.214. The molecule has 0 saturated heterocycles. The molecule has 2 aromatic rings. The number of aromatic nitrogens is 2. The van der Waals surface area contributed by atoms with Crippen molar-refractivity contribution in [3.63, 3.8) is 0 Å². The number of aryl methyl sites for hydroxylation is 1. The number of imide groups is 1. The molecule has 2 amide bonds. The first kappa shape index (κ1) is 15.7. The molecule has 1 aromatic heterocycles. The number of halogens is 2. The lowest BCUT2D eigenvalue weighted by molar-refractivity contribution is -0.168. The minimum Gasteiger partial charge on any atom is -0.420 e. The molecule has 0 saturated carbocycles. The summed E-state index contributed by atoms with van der Waals surface area (Å²) in [6, 6.07) is 6.03. The van der Waals surface area contributed by atoms with E-state index in [-0.39, 0.29) is 29.9 Å². The zero-order chi connectivity index (χ0) is 17.3. The number of hydrogen-bond donors (Lipinski definition) is 0. The molecular formula is C14H9F2N3O5. The Morgan fingerprint density at radius 3 is 2.33 bits per heavy atom. The van der Waals surface area contributed by atoms with Gasteiger partial charge in [-0.25, -0.2) is 4.79 Å². The van der Waals surface area contributed by atoms with Crippen LogP contribution in [0.5, 0.6) is 0 Å². The Morgan fingerprint density at radius 1 is 1.17 bits per heavy atom. The number of amides is 2. The fourth-order valence-electron chi connectivity index (χ4n) is 2.06. The fourth-order valence-corrected chi connectivity index (χ4v) is 2.06. The van der Waals surface area contributed by atoms with Gasteiger partial charge in [0.25, 0.3) is 17.7 Å². The van der Waals surface area contributed by atoms with Gasteiger partial charge in [0.05, 0.1) is 17.5 Å². The summed E-state index contributed by atoms with van der Waals surface area (Å²) >= 11 is 0. The quantitative estimate of drug-likeness (QED) is 0.765. The van der Waals surface area contributed by atoms with Crippen molar-refractivity contribution in [2.45, 2.75) is 19.3 Å². The molecule has 2 heterocycles. The van der Waals surface area contributed by atoms with Gasteiger partial charge in [-0.05, 0) is 12.1 Å². The summed E-state index contributed by atoms with van der Waals surface area (Å²) in [4.78, 5) is 40.5. The van der Waals surface area contributed by atoms with Crippen molar-refractivity contribution in [2.75, 3.05) is 0 Å². The smallest absolute Gasteiger partial charge is 0.333 e. The van der Waals surface area contributed by atoms with E-state index in [0.717, 1.165) is 0 Å². The standard InChI is InChI=1S/C14H9F2N3O5/c15-11(16)12-18-17-9(23-12)5-6-10(20)24-19-13(21)7-3-1-2-4-8(7)14(19)22/h1-4,11H,5-6H2.